The van der Waals surface area contributed by atoms with Gasteiger partial charge in [0, 0.05) is 30.5 Å². The zero-order valence-corrected chi connectivity index (χ0v) is 14.5. The van der Waals surface area contributed by atoms with Crippen molar-refractivity contribution in [3.05, 3.63) is 27.9 Å². The highest BCUT2D eigenvalue weighted by Crippen LogP contribution is 2.43. The van der Waals surface area contributed by atoms with Crippen molar-refractivity contribution in [1.29, 1.82) is 0 Å². The Balaban J connectivity index is 1.46. The second kappa shape index (κ2) is 7.14. The van der Waals surface area contributed by atoms with Crippen LogP contribution in [0.5, 0.6) is 0 Å². The Morgan fingerprint density at radius 2 is 1.96 bits per heavy atom. The van der Waals surface area contributed by atoms with Gasteiger partial charge in [-0.25, -0.2) is 4.79 Å². The molecule has 1 aliphatic heterocycles. The summed E-state index contributed by atoms with van der Waals surface area (Å²) in [6.45, 7) is 7.81. The summed E-state index contributed by atoms with van der Waals surface area (Å²) in [6, 6.07) is 2.59. The Morgan fingerprint density at radius 3 is 2.61 bits per heavy atom. The summed E-state index contributed by atoms with van der Waals surface area (Å²) in [5, 5.41) is 7.14. The van der Waals surface area contributed by atoms with Gasteiger partial charge in [0.15, 0.2) is 0 Å². The van der Waals surface area contributed by atoms with Crippen molar-refractivity contribution in [3.63, 3.8) is 0 Å². The van der Waals surface area contributed by atoms with E-state index in [4.69, 9.17) is 0 Å². The molecule has 128 valence electrons. The fourth-order valence-electron chi connectivity index (χ4n) is 4.32. The highest BCUT2D eigenvalue weighted by atomic mass is 16.1. The molecule has 2 heterocycles. The Morgan fingerprint density at radius 1 is 1.26 bits per heavy atom. The molecular formula is C18H30N4O. The zero-order chi connectivity index (χ0) is 16.3. The molecule has 1 aliphatic carbocycles. The topological polar surface area (TPSA) is 59.0 Å². The summed E-state index contributed by atoms with van der Waals surface area (Å²) in [7, 11) is 0. The molecule has 0 unspecified atom stereocenters. The van der Waals surface area contributed by atoms with Crippen molar-refractivity contribution in [3.8, 4) is 0 Å². The van der Waals surface area contributed by atoms with Crippen LogP contribution in [0, 0.1) is 19.3 Å². The first-order valence-corrected chi connectivity index (χ1v) is 9.07. The predicted molar refractivity (Wildman–Crippen MR) is 92.8 cm³/mol. The van der Waals surface area contributed by atoms with E-state index < -0.39 is 0 Å². The van der Waals surface area contributed by atoms with Crippen LogP contribution >= 0.6 is 0 Å². The van der Waals surface area contributed by atoms with Crippen LogP contribution in [-0.2, 0) is 6.54 Å². The van der Waals surface area contributed by atoms with Gasteiger partial charge in [-0.3, -0.25) is 4.57 Å². The van der Waals surface area contributed by atoms with Gasteiger partial charge in [0.1, 0.15) is 0 Å². The molecule has 0 atom stereocenters. The first-order chi connectivity index (χ1) is 11.1. The molecular weight excluding hydrogens is 288 g/mol. The smallest absolute Gasteiger partial charge is 0.317 e. The van der Waals surface area contributed by atoms with Gasteiger partial charge in [0.05, 0.1) is 0 Å². The fraction of sp³-hybridized carbons (Fsp3) is 0.778. The van der Waals surface area contributed by atoms with Crippen LogP contribution < -0.4 is 16.3 Å². The predicted octanol–water partition coefficient (Wildman–Crippen LogP) is 1.76. The minimum atomic E-state index is -0.124. The summed E-state index contributed by atoms with van der Waals surface area (Å²) < 4.78 is 1.77. The van der Waals surface area contributed by atoms with Gasteiger partial charge in [-0.2, -0.15) is 4.98 Å². The Labute approximate surface area is 138 Å². The first kappa shape index (κ1) is 16.7. The zero-order valence-electron chi connectivity index (χ0n) is 14.5. The monoisotopic (exact) mass is 318 g/mol. The van der Waals surface area contributed by atoms with E-state index in [1.807, 2.05) is 19.9 Å². The van der Waals surface area contributed by atoms with Gasteiger partial charge < -0.3 is 10.6 Å². The highest BCUT2D eigenvalue weighted by Gasteiger charge is 2.35. The lowest BCUT2D eigenvalue weighted by molar-refractivity contribution is 0.115. The molecule has 23 heavy (non-hydrogen) atoms. The minimum Gasteiger partial charge on any atom is -0.317 e. The van der Waals surface area contributed by atoms with Crippen molar-refractivity contribution in [2.45, 2.75) is 65.0 Å². The number of nitrogens with zero attached hydrogens (tertiary/aromatic N) is 2. The van der Waals surface area contributed by atoms with Crippen molar-refractivity contribution in [2.75, 3.05) is 19.6 Å². The third-order valence-electron chi connectivity index (χ3n) is 5.83. The van der Waals surface area contributed by atoms with Crippen molar-refractivity contribution >= 4 is 0 Å². The van der Waals surface area contributed by atoms with Crippen molar-refractivity contribution in [2.24, 2.45) is 5.41 Å². The maximum absolute atomic E-state index is 12.0. The number of piperidine rings is 1. The summed E-state index contributed by atoms with van der Waals surface area (Å²) in [6.07, 6.45) is 7.97. The summed E-state index contributed by atoms with van der Waals surface area (Å²) >= 11 is 0. The van der Waals surface area contributed by atoms with E-state index in [1.165, 1.54) is 51.6 Å². The van der Waals surface area contributed by atoms with E-state index in [1.54, 1.807) is 4.57 Å². The van der Waals surface area contributed by atoms with Crippen LogP contribution in [0.4, 0.5) is 0 Å². The molecule has 0 bridgehead atoms. The van der Waals surface area contributed by atoms with Crippen molar-refractivity contribution in [1.82, 2.24) is 20.2 Å². The average Bonchev–Trinajstić information content (AvgIpc) is 2.53. The molecule has 1 saturated carbocycles. The molecule has 0 radical (unpaired) electrons. The van der Waals surface area contributed by atoms with Crippen LogP contribution in [0.1, 0.15) is 49.9 Å². The quantitative estimate of drug-likeness (QED) is 0.888. The molecule has 3 rings (SSSR count). The summed E-state index contributed by atoms with van der Waals surface area (Å²) in [5.41, 5.74) is 2.30. The second-order valence-corrected chi connectivity index (χ2v) is 7.45. The first-order valence-electron chi connectivity index (χ1n) is 9.07. The van der Waals surface area contributed by atoms with E-state index in [0.29, 0.717) is 18.0 Å². The maximum atomic E-state index is 12.0. The van der Waals surface area contributed by atoms with Gasteiger partial charge in [0.2, 0.25) is 0 Å². The number of aromatic nitrogens is 2. The fourth-order valence-corrected chi connectivity index (χ4v) is 4.32. The largest absolute Gasteiger partial charge is 0.347 e. The number of rotatable bonds is 4. The molecule has 1 spiro atoms. The van der Waals surface area contributed by atoms with E-state index in [9.17, 15) is 4.79 Å². The van der Waals surface area contributed by atoms with Gasteiger partial charge in [-0.05, 0) is 76.9 Å². The van der Waals surface area contributed by atoms with Gasteiger partial charge in [-0.1, -0.05) is 0 Å². The van der Waals surface area contributed by atoms with E-state index in [0.717, 1.165) is 17.9 Å². The minimum absolute atomic E-state index is 0.124. The summed E-state index contributed by atoms with van der Waals surface area (Å²) in [5.74, 6) is 0. The van der Waals surface area contributed by atoms with E-state index in [-0.39, 0.29) is 5.69 Å². The lowest BCUT2D eigenvalue weighted by Crippen LogP contribution is -2.44. The molecule has 2 fully saturated rings. The normalized spacial score (nSPS) is 21.7. The van der Waals surface area contributed by atoms with Gasteiger partial charge >= 0.3 is 5.69 Å². The molecule has 0 amide bonds. The summed E-state index contributed by atoms with van der Waals surface area (Å²) in [4.78, 5) is 16.0. The lowest BCUT2D eigenvalue weighted by Gasteiger charge is -2.43. The van der Waals surface area contributed by atoms with E-state index in [2.05, 4.69) is 15.6 Å². The third kappa shape index (κ3) is 4.01. The highest BCUT2D eigenvalue weighted by molar-refractivity contribution is 5.06. The number of aryl methyl sites for hydroxylation is 2. The third-order valence-corrected chi connectivity index (χ3v) is 5.83. The lowest BCUT2D eigenvalue weighted by atomic mass is 9.67. The standard InChI is InChI=1S/C18H30N4O/c1-14-13-15(2)22(17(23)21-14)12-11-20-16-3-5-18(6-4-16)7-9-19-10-8-18/h13,16,19-20H,3-12H2,1-2H3. The Kier molecular flexibility index (Phi) is 5.17. The molecule has 1 saturated heterocycles. The molecule has 1 aromatic heterocycles. The number of hydrogen-bond donors (Lipinski definition) is 2. The van der Waals surface area contributed by atoms with Crippen LogP contribution in [0.15, 0.2) is 10.9 Å². The molecule has 1 aromatic rings. The van der Waals surface area contributed by atoms with Crippen LogP contribution in [0.3, 0.4) is 0 Å². The SMILES string of the molecule is Cc1cc(C)n(CCNC2CCC3(CCNCC3)CC2)c(=O)n1. The van der Waals surface area contributed by atoms with Crippen LogP contribution in [0.2, 0.25) is 0 Å². The molecule has 2 aliphatic rings. The number of hydrogen-bond acceptors (Lipinski definition) is 4. The van der Waals surface area contributed by atoms with Gasteiger partial charge in [-0.15, -0.1) is 0 Å². The Hall–Kier alpha value is -1.20. The average molecular weight is 318 g/mol. The van der Waals surface area contributed by atoms with E-state index >= 15 is 0 Å². The Bertz CT molecular complexity index is 579. The number of nitrogens with one attached hydrogen (secondary N) is 2. The molecule has 5 heteroatoms. The maximum Gasteiger partial charge on any atom is 0.347 e. The van der Waals surface area contributed by atoms with Crippen molar-refractivity contribution < 1.29 is 0 Å². The van der Waals surface area contributed by atoms with Gasteiger partial charge in [0.25, 0.3) is 0 Å². The molecule has 5 nitrogen and oxygen atoms in total. The second-order valence-electron chi connectivity index (χ2n) is 7.45. The van der Waals surface area contributed by atoms with Crippen LogP contribution in [0.25, 0.3) is 0 Å². The molecule has 2 N–H and O–H groups in total. The molecule has 0 aromatic carbocycles. The van der Waals surface area contributed by atoms with Crippen LogP contribution in [-0.4, -0.2) is 35.2 Å².